The van der Waals surface area contributed by atoms with Gasteiger partial charge in [0.2, 0.25) is 0 Å². The van der Waals surface area contributed by atoms with Gasteiger partial charge in [-0.2, -0.15) is 0 Å². The lowest BCUT2D eigenvalue weighted by atomic mass is 9.86. The van der Waals surface area contributed by atoms with Gasteiger partial charge in [0.05, 0.1) is 5.41 Å². The Kier molecular flexibility index (Phi) is 4.55. The number of carbonyl (C=O) groups is 2. The number of amides is 2. The minimum atomic E-state index is -0.768. The fourth-order valence-electron chi connectivity index (χ4n) is 3.68. The average Bonchev–Trinajstić information content (AvgIpc) is 2.86. The van der Waals surface area contributed by atoms with E-state index in [1.807, 2.05) is 4.90 Å². The van der Waals surface area contributed by atoms with Crippen molar-refractivity contribution in [3.63, 3.8) is 0 Å². The number of carboxylic acids is 1. The van der Waals surface area contributed by atoms with Crippen molar-refractivity contribution in [1.82, 2.24) is 10.2 Å². The Labute approximate surface area is 120 Å². The van der Waals surface area contributed by atoms with Gasteiger partial charge in [-0.3, -0.25) is 4.79 Å². The number of carbonyl (C=O) groups excluding carboxylic acids is 1. The molecule has 1 aliphatic carbocycles. The third kappa shape index (κ3) is 2.91. The summed E-state index contributed by atoms with van der Waals surface area (Å²) in [6.07, 6.45) is 6.45. The average molecular weight is 282 g/mol. The van der Waals surface area contributed by atoms with Crippen molar-refractivity contribution in [2.45, 2.75) is 70.9 Å². The first-order valence-corrected chi connectivity index (χ1v) is 7.76. The standard InChI is InChI=1S/C15H26N2O3/c1-11-6-5-7-12(2)17(11)14(20)16-10-15(13(18)19)8-3-4-9-15/h11-12H,3-10H2,1-2H3,(H,16,20)(H,18,19). The van der Waals surface area contributed by atoms with E-state index in [0.29, 0.717) is 12.8 Å². The molecule has 0 aromatic heterocycles. The summed E-state index contributed by atoms with van der Waals surface area (Å²) in [7, 11) is 0. The van der Waals surface area contributed by atoms with Crippen LogP contribution in [0.3, 0.4) is 0 Å². The fraction of sp³-hybridized carbons (Fsp3) is 0.867. The maximum Gasteiger partial charge on any atom is 0.317 e. The molecule has 2 amide bonds. The minimum absolute atomic E-state index is 0.0998. The van der Waals surface area contributed by atoms with Gasteiger partial charge in [-0.1, -0.05) is 12.8 Å². The number of piperidine rings is 1. The Hall–Kier alpha value is -1.26. The number of carboxylic acid groups (broad SMARTS) is 1. The summed E-state index contributed by atoms with van der Waals surface area (Å²) in [5, 5.41) is 12.3. The van der Waals surface area contributed by atoms with Crippen LogP contribution in [0.5, 0.6) is 0 Å². The van der Waals surface area contributed by atoms with Crippen molar-refractivity contribution < 1.29 is 14.7 Å². The molecule has 2 atom stereocenters. The number of urea groups is 1. The van der Waals surface area contributed by atoms with Gasteiger partial charge in [-0.05, 0) is 46.0 Å². The van der Waals surface area contributed by atoms with E-state index in [1.165, 1.54) is 0 Å². The van der Waals surface area contributed by atoms with Gasteiger partial charge in [-0.25, -0.2) is 4.79 Å². The maximum absolute atomic E-state index is 12.4. The molecular weight excluding hydrogens is 256 g/mol. The smallest absolute Gasteiger partial charge is 0.317 e. The first-order valence-electron chi connectivity index (χ1n) is 7.76. The highest BCUT2D eigenvalue weighted by Crippen LogP contribution is 2.37. The summed E-state index contributed by atoms with van der Waals surface area (Å²) in [6.45, 7) is 4.40. The molecule has 1 saturated heterocycles. The highest BCUT2D eigenvalue weighted by molar-refractivity contribution is 5.78. The number of aliphatic carboxylic acids is 1. The Morgan fingerprint density at radius 3 is 2.20 bits per heavy atom. The predicted octanol–water partition coefficient (Wildman–Crippen LogP) is 2.60. The van der Waals surface area contributed by atoms with E-state index in [-0.39, 0.29) is 24.7 Å². The van der Waals surface area contributed by atoms with Crippen LogP contribution in [-0.4, -0.2) is 40.6 Å². The number of nitrogens with one attached hydrogen (secondary N) is 1. The van der Waals surface area contributed by atoms with Crippen LogP contribution in [0.4, 0.5) is 4.79 Å². The maximum atomic E-state index is 12.4. The monoisotopic (exact) mass is 282 g/mol. The van der Waals surface area contributed by atoms with Crippen molar-refractivity contribution in [3.05, 3.63) is 0 Å². The molecule has 0 radical (unpaired) electrons. The molecule has 0 bridgehead atoms. The fourth-order valence-corrected chi connectivity index (χ4v) is 3.68. The number of rotatable bonds is 3. The van der Waals surface area contributed by atoms with E-state index in [9.17, 15) is 14.7 Å². The van der Waals surface area contributed by atoms with Crippen LogP contribution in [0, 0.1) is 5.41 Å². The van der Waals surface area contributed by atoms with Gasteiger partial charge in [0.1, 0.15) is 0 Å². The van der Waals surface area contributed by atoms with Crippen molar-refractivity contribution >= 4 is 12.0 Å². The van der Waals surface area contributed by atoms with Gasteiger partial charge in [0.25, 0.3) is 0 Å². The van der Waals surface area contributed by atoms with E-state index in [2.05, 4.69) is 19.2 Å². The SMILES string of the molecule is CC1CCCC(C)N1C(=O)NCC1(C(=O)O)CCCC1. The molecule has 114 valence electrons. The Morgan fingerprint density at radius 1 is 1.15 bits per heavy atom. The Bertz CT molecular complexity index is 367. The van der Waals surface area contributed by atoms with Crippen LogP contribution in [0.25, 0.3) is 0 Å². The second kappa shape index (κ2) is 6.02. The molecule has 1 saturated carbocycles. The van der Waals surface area contributed by atoms with Crippen LogP contribution in [-0.2, 0) is 4.79 Å². The normalized spacial score (nSPS) is 29.2. The molecular formula is C15H26N2O3. The van der Waals surface area contributed by atoms with E-state index in [1.54, 1.807) is 0 Å². The third-order valence-corrected chi connectivity index (χ3v) is 5.02. The molecule has 0 aromatic rings. The number of hydrogen-bond donors (Lipinski definition) is 2. The zero-order valence-electron chi connectivity index (χ0n) is 12.5. The van der Waals surface area contributed by atoms with Crippen LogP contribution in [0.1, 0.15) is 58.8 Å². The molecule has 2 aliphatic rings. The highest BCUT2D eigenvalue weighted by atomic mass is 16.4. The molecule has 1 heterocycles. The second-order valence-corrected chi connectivity index (χ2v) is 6.49. The van der Waals surface area contributed by atoms with E-state index >= 15 is 0 Å². The van der Waals surface area contributed by atoms with E-state index in [0.717, 1.165) is 32.1 Å². The molecule has 1 aliphatic heterocycles. The summed E-state index contributed by atoms with van der Waals surface area (Å²) in [5.41, 5.74) is -0.738. The van der Waals surface area contributed by atoms with Gasteiger partial charge in [-0.15, -0.1) is 0 Å². The summed E-state index contributed by atoms with van der Waals surface area (Å²) < 4.78 is 0. The molecule has 0 aromatic carbocycles. The minimum Gasteiger partial charge on any atom is -0.481 e. The molecule has 5 nitrogen and oxygen atoms in total. The lowest BCUT2D eigenvalue weighted by molar-refractivity contribution is -0.148. The summed E-state index contributed by atoms with van der Waals surface area (Å²) in [5.74, 6) is -0.768. The van der Waals surface area contributed by atoms with Gasteiger partial charge in [0, 0.05) is 18.6 Å². The zero-order chi connectivity index (χ0) is 14.8. The van der Waals surface area contributed by atoms with E-state index in [4.69, 9.17) is 0 Å². The quantitative estimate of drug-likeness (QED) is 0.836. The largest absolute Gasteiger partial charge is 0.481 e. The number of nitrogens with zero attached hydrogens (tertiary/aromatic N) is 1. The molecule has 2 N–H and O–H groups in total. The molecule has 2 unspecified atom stereocenters. The van der Waals surface area contributed by atoms with Crippen molar-refractivity contribution in [2.75, 3.05) is 6.54 Å². The summed E-state index contributed by atoms with van der Waals surface area (Å²) in [4.78, 5) is 25.7. The van der Waals surface area contributed by atoms with E-state index < -0.39 is 11.4 Å². The van der Waals surface area contributed by atoms with Crippen molar-refractivity contribution in [3.8, 4) is 0 Å². The third-order valence-electron chi connectivity index (χ3n) is 5.02. The molecule has 2 rings (SSSR count). The topological polar surface area (TPSA) is 69.6 Å². The van der Waals surface area contributed by atoms with Crippen LogP contribution < -0.4 is 5.32 Å². The Balaban J connectivity index is 1.95. The molecule has 2 fully saturated rings. The molecule has 5 heteroatoms. The first kappa shape index (κ1) is 15.1. The molecule has 20 heavy (non-hydrogen) atoms. The number of likely N-dealkylation sites (tertiary alicyclic amines) is 1. The number of hydrogen-bond acceptors (Lipinski definition) is 2. The Morgan fingerprint density at radius 2 is 1.70 bits per heavy atom. The van der Waals surface area contributed by atoms with Gasteiger partial charge >= 0.3 is 12.0 Å². The van der Waals surface area contributed by atoms with Gasteiger partial charge in [0.15, 0.2) is 0 Å². The summed E-state index contributed by atoms with van der Waals surface area (Å²) >= 11 is 0. The second-order valence-electron chi connectivity index (χ2n) is 6.49. The summed E-state index contributed by atoms with van der Waals surface area (Å²) in [6, 6.07) is 0.378. The van der Waals surface area contributed by atoms with Crippen molar-refractivity contribution in [1.29, 1.82) is 0 Å². The lowest BCUT2D eigenvalue weighted by Crippen LogP contribution is -2.54. The van der Waals surface area contributed by atoms with Crippen LogP contribution in [0.2, 0.25) is 0 Å². The van der Waals surface area contributed by atoms with Gasteiger partial charge < -0.3 is 15.3 Å². The first-order chi connectivity index (χ1) is 9.46. The van der Waals surface area contributed by atoms with Crippen LogP contribution >= 0.6 is 0 Å². The van der Waals surface area contributed by atoms with Crippen molar-refractivity contribution in [2.24, 2.45) is 5.41 Å². The molecule has 0 spiro atoms. The van der Waals surface area contributed by atoms with Crippen LogP contribution in [0.15, 0.2) is 0 Å². The lowest BCUT2D eigenvalue weighted by Gasteiger charge is -2.39. The zero-order valence-corrected chi connectivity index (χ0v) is 12.5. The highest BCUT2D eigenvalue weighted by Gasteiger charge is 2.42. The predicted molar refractivity (Wildman–Crippen MR) is 76.5 cm³/mol.